The van der Waals surface area contributed by atoms with E-state index in [1.54, 1.807) is 6.07 Å². The number of fused-ring (bicyclic) bond motifs is 1. The van der Waals surface area contributed by atoms with E-state index >= 15 is 0 Å². The minimum Gasteiger partial charge on any atom is -0.497 e. The van der Waals surface area contributed by atoms with E-state index < -0.39 is 23.7 Å². The molecule has 19 heavy (non-hydrogen) atoms. The zero-order valence-corrected chi connectivity index (χ0v) is 9.72. The molecule has 3 nitrogen and oxygen atoms in total. The van der Waals surface area contributed by atoms with Crippen LogP contribution in [0.3, 0.4) is 0 Å². The summed E-state index contributed by atoms with van der Waals surface area (Å²) in [6.45, 7) is 0. The van der Waals surface area contributed by atoms with Crippen molar-refractivity contribution >= 4 is 16.7 Å². The highest BCUT2D eigenvalue weighted by molar-refractivity contribution is 6.11. The van der Waals surface area contributed by atoms with Gasteiger partial charge in [0.1, 0.15) is 5.75 Å². The highest BCUT2D eigenvalue weighted by Crippen LogP contribution is 2.31. The van der Waals surface area contributed by atoms with Gasteiger partial charge < -0.3 is 9.72 Å². The zero-order valence-electron chi connectivity index (χ0n) is 9.72. The van der Waals surface area contributed by atoms with Gasteiger partial charge in [0.2, 0.25) is 5.78 Å². The first kappa shape index (κ1) is 13.4. The average Bonchev–Trinajstić information content (AvgIpc) is 2.79. The molecule has 0 saturated carbocycles. The highest BCUT2D eigenvalue weighted by Gasteiger charge is 2.49. The van der Waals surface area contributed by atoms with Gasteiger partial charge in [-0.15, -0.1) is 0 Å². The molecule has 0 radical (unpaired) electrons. The number of rotatable bonds is 4. The van der Waals surface area contributed by atoms with Crippen LogP contribution in [0.1, 0.15) is 10.4 Å². The fourth-order valence-electron chi connectivity index (χ4n) is 1.69. The molecule has 102 valence electrons. The largest absolute Gasteiger partial charge is 0.497 e. The summed E-state index contributed by atoms with van der Waals surface area (Å²) in [4.78, 5) is 14.1. The number of ether oxygens (including phenoxy) is 1. The number of carbonyl (C=O) groups is 1. The van der Waals surface area contributed by atoms with E-state index in [2.05, 4.69) is 4.98 Å². The van der Waals surface area contributed by atoms with Gasteiger partial charge in [-0.2, -0.15) is 8.78 Å². The van der Waals surface area contributed by atoms with E-state index in [1.165, 1.54) is 19.2 Å². The molecule has 0 aliphatic rings. The van der Waals surface area contributed by atoms with Crippen LogP contribution in [-0.4, -0.2) is 30.2 Å². The number of aromatic amines is 1. The predicted molar refractivity (Wildman–Crippen MR) is 60.1 cm³/mol. The molecule has 1 aromatic carbocycles. The molecule has 0 saturated heterocycles. The topological polar surface area (TPSA) is 42.1 Å². The van der Waals surface area contributed by atoms with Crippen molar-refractivity contribution in [3.05, 3.63) is 30.0 Å². The van der Waals surface area contributed by atoms with Gasteiger partial charge in [-0.3, -0.25) is 4.79 Å². The third kappa shape index (κ3) is 2.16. The number of carbonyl (C=O) groups excluding carboxylic acids is 1. The van der Waals surface area contributed by atoms with Crippen LogP contribution >= 0.6 is 0 Å². The summed E-state index contributed by atoms with van der Waals surface area (Å²) >= 11 is 0. The van der Waals surface area contributed by atoms with Crippen molar-refractivity contribution in [2.45, 2.75) is 12.3 Å². The molecule has 0 amide bonds. The Labute approximate surface area is 105 Å². The van der Waals surface area contributed by atoms with Crippen molar-refractivity contribution in [2.75, 3.05) is 7.11 Å². The Hall–Kier alpha value is -2.05. The van der Waals surface area contributed by atoms with E-state index in [0.717, 1.165) is 6.20 Å². The number of halogens is 4. The molecule has 0 bridgehead atoms. The number of Topliss-reactive ketones (excluding diaryl/α,β-unsaturated/α-hetero) is 1. The molecule has 0 unspecified atom stereocenters. The zero-order chi connectivity index (χ0) is 14.2. The van der Waals surface area contributed by atoms with Crippen molar-refractivity contribution in [2.24, 2.45) is 0 Å². The Morgan fingerprint density at radius 3 is 2.63 bits per heavy atom. The lowest BCUT2D eigenvalue weighted by molar-refractivity contribution is -0.0957. The van der Waals surface area contributed by atoms with Gasteiger partial charge in [0.15, 0.2) is 0 Å². The molecule has 0 aliphatic carbocycles. The van der Waals surface area contributed by atoms with Crippen molar-refractivity contribution < 1.29 is 27.1 Å². The van der Waals surface area contributed by atoms with Crippen LogP contribution in [-0.2, 0) is 0 Å². The normalized spacial score (nSPS) is 12.1. The first-order chi connectivity index (χ1) is 8.87. The second kappa shape index (κ2) is 4.56. The van der Waals surface area contributed by atoms with Crippen LogP contribution in [0.4, 0.5) is 17.6 Å². The molecule has 7 heteroatoms. The van der Waals surface area contributed by atoms with E-state index in [1.807, 2.05) is 0 Å². The summed E-state index contributed by atoms with van der Waals surface area (Å²) in [5.74, 6) is -6.29. The van der Waals surface area contributed by atoms with E-state index in [9.17, 15) is 22.4 Å². The molecular weight excluding hydrogens is 266 g/mol. The second-order valence-electron chi connectivity index (χ2n) is 3.87. The first-order valence-electron chi connectivity index (χ1n) is 5.23. The monoisotopic (exact) mass is 275 g/mol. The number of ketones is 1. The molecule has 0 fully saturated rings. The molecule has 1 aromatic heterocycles. The van der Waals surface area contributed by atoms with Gasteiger partial charge in [-0.25, -0.2) is 8.78 Å². The summed E-state index contributed by atoms with van der Waals surface area (Å²) in [5, 5.41) is 0.115. The van der Waals surface area contributed by atoms with Gasteiger partial charge in [0.25, 0.3) is 0 Å². The number of alkyl halides is 4. The van der Waals surface area contributed by atoms with Crippen molar-refractivity contribution in [3.63, 3.8) is 0 Å². The molecule has 0 atom stereocenters. The minimum absolute atomic E-state index is 0.115. The van der Waals surface area contributed by atoms with Gasteiger partial charge in [-0.1, -0.05) is 0 Å². The first-order valence-corrected chi connectivity index (χ1v) is 5.23. The number of hydrogen-bond acceptors (Lipinski definition) is 2. The second-order valence-corrected chi connectivity index (χ2v) is 3.87. The van der Waals surface area contributed by atoms with Crippen LogP contribution < -0.4 is 4.74 Å². The highest BCUT2D eigenvalue weighted by atomic mass is 19.3. The summed E-state index contributed by atoms with van der Waals surface area (Å²) < 4.78 is 55.4. The molecule has 0 aliphatic heterocycles. The van der Waals surface area contributed by atoms with Crippen molar-refractivity contribution in [3.8, 4) is 5.75 Å². The Morgan fingerprint density at radius 1 is 1.37 bits per heavy atom. The maximum atomic E-state index is 13.1. The van der Waals surface area contributed by atoms with Crippen molar-refractivity contribution in [1.29, 1.82) is 0 Å². The lowest BCUT2D eigenvalue weighted by atomic mass is 10.0. The standard InChI is InChI=1S/C12H9F4NO2/c1-19-6-2-3-9-7(4-6)8(5-17-9)10(18)12(15,16)11(13)14/h2-5,11,17H,1H3. The van der Waals surface area contributed by atoms with Crippen LogP contribution in [0.5, 0.6) is 5.75 Å². The minimum atomic E-state index is -4.71. The van der Waals surface area contributed by atoms with Gasteiger partial charge in [0.05, 0.1) is 7.11 Å². The third-order valence-electron chi connectivity index (χ3n) is 2.71. The SMILES string of the molecule is COc1ccc2[nH]cc(C(=O)C(F)(F)C(F)F)c2c1. The molecule has 2 aromatic rings. The van der Waals surface area contributed by atoms with Gasteiger partial charge >= 0.3 is 12.3 Å². The molecule has 1 N–H and O–H groups in total. The Morgan fingerprint density at radius 2 is 2.05 bits per heavy atom. The summed E-state index contributed by atoms with van der Waals surface area (Å²) in [6.07, 6.45) is -3.06. The van der Waals surface area contributed by atoms with Crippen LogP contribution in [0, 0.1) is 0 Å². The predicted octanol–water partition coefficient (Wildman–Crippen LogP) is 3.26. The number of aromatic nitrogens is 1. The lowest BCUT2D eigenvalue weighted by Crippen LogP contribution is -2.36. The lowest BCUT2D eigenvalue weighted by Gasteiger charge is -2.13. The number of nitrogens with one attached hydrogen (secondary N) is 1. The fraction of sp³-hybridized carbons (Fsp3) is 0.250. The molecular formula is C12H9F4NO2. The summed E-state index contributed by atoms with van der Waals surface area (Å²) in [6, 6.07) is 4.39. The molecule has 2 rings (SSSR count). The van der Waals surface area contributed by atoms with Crippen LogP contribution in [0.2, 0.25) is 0 Å². The van der Waals surface area contributed by atoms with Gasteiger partial charge in [-0.05, 0) is 18.2 Å². The maximum absolute atomic E-state index is 13.1. The van der Waals surface area contributed by atoms with Gasteiger partial charge in [0, 0.05) is 22.7 Å². The molecule has 0 spiro atoms. The Balaban J connectivity index is 2.54. The Bertz CT molecular complexity index is 621. The van der Waals surface area contributed by atoms with E-state index in [-0.39, 0.29) is 5.39 Å². The quantitative estimate of drug-likeness (QED) is 0.687. The third-order valence-corrected chi connectivity index (χ3v) is 2.71. The average molecular weight is 275 g/mol. The maximum Gasteiger partial charge on any atom is 0.368 e. The summed E-state index contributed by atoms with van der Waals surface area (Å²) in [7, 11) is 1.36. The fourth-order valence-corrected chi connectivity index (χ4v) is 1.69. The molecule has 1 heterocycles. The smallest absolute Gasteiger partial charge is 0.368 e. The van der Waals surface area contributed by atoms with E-state index in [4.69, 9.17) is 4.74 Å². The van der Waals surface area contributed by atoms with Crippen LogP contribution in [0.25, 0.3) is 10.9 Å². The number of methoxy groups -OCH3 is 1. The number of benzene rings is 1. The Kier molecular flexibility index (Phi) is 3.21. The summed E-state index contributed by atoms with van der Waals surface area (Å²) in [5.41, 5.74) is -0.103. The number of hydrogen-bond donors (Lipinski definition) is 1. The van der Waals surface area contributed by atoms with E-state index in [0.29, 0.717) is 11.3 Å². The van der Waals surface area contributed by atoms with Crippen molar-refractivity contribution in [1.82, 2.24) is 4.98 Å². The number of H-pyrrole nitrogens is 1. The van der Waals surface area contributed by atoms with Crippen LogP contribution in [0.15, 0.2) is 24.4 Å².